The van der Waals surface area contributed by atoms with Crippen molar-refractivity contribution in [3.8, 4) is 17.1 Å². The number of aromatic nitrogens is 5. The van der Waals surface area contributed by atoms with Crippen molar-refractivity contribution in [1.29, 1.82) is 0 Å². The highest BCUT2D eigenvalue weighted by atomic mass is 19.1. The maximum atomic E-state index is 14.8. The molecule has 4 aromatic rings. The SMILES string of the molecule is COc1cc(-c2nc(Cc3ccc4[nH]ncc4c3F)n(C)n2)ccc1C(=O)NC(C)(C)C. The van der Waals surface area contributed by atoms with Gasteiger partial charge in [-0.2, -0.15) is 10.2 Å². The van der Waals surface area contributed by atoms with Crippen LogP contribution >= 0.6 is 0 Å². The lowest BCUT2D eigenvalue weighted by molar-refractivity contribution is 0.0916. The van der Waals surface area contributed by atoms with Crippen molar-refractivity contribution in [3.63, 3.8) is 0 Å². The number of fused-ring (bicyclic) bond motifs is 1. The molecule has 0 bridgehead atoms. The van der Waals surface area contributed by atoms with Crippen LogP contribution in [0.1, 0.15) is 42.5 Å². The van der Waals surface area contributed by atoms with Crippen molar-refractivity contribution < 1.29 is 13.9 Å². The molecule has 0 atom stereocenters. The van der Waals surface area contributed by atoms with Crippen LogP contribution in [-0.4, -0.2) is 43.5 Å². The first-order chi connectivity index (χ1) is 15.2. The number of nitrogens with zero attached hydrogens (tertiary/aromatic N) is 4. The Morgan fingerprint density at radius 2 is 2.03 bits per heavy atom. The Morgan fingerprint density at radius 1 is 1.25 bits per heavy atom. The molecule has 0 aliphatic carbocycles. The van der Waals surface area contributed by atoms with E-state index in [1.165, 1.54) is 13.3 Å². The largest absolute Gasteiger partial charge is 0.496 e. The second kappa shape index (κ2) is 8.07. The number of rotatable bonds is 5. The van der Waals surface area contributed by atoms with E-state index in [0.29, 0.717) is 45.0 Å². The Hall–Kier alpha value is -3.75. The zero-order valence-electron chi connectivity index (χ0n) is 18.7. The Kier molecular flexibility index (Phi) is 5.41. The highest BCUT2D eigenvalue weighted by molar-refractivity contribution is 5.98. The Bertz CT molecular complexity index is 1300. The van der Waals surface area contributed by atoms with Crippen molar-refractivity contribution in [3.05, 3.63) is 59.3 Å². The van der Waals surface area contributed by atoms with Crippen LogP contribution in [0.5, 0.6) is 5.75 Å². The third-order valence-corrected chi connectivity index (χ3v) is 5.03. The normalized spacial score (nSPS) is 11.7. The number of benzene rings is 2. The maximum Gasteiger partial charge on any atom is 0.255 e. The predicted octanol–water partition coefficient (Wildman–Crippen LogP) is 3.63. The molecule has 0 saturated carbocycles. The Labute approximate surface area is 184 Å². The number of halogens is 1. The molecule has 8 nitrogen and oxygen atoms in total. The lowest BCUT2D eigenvalue weighted by Gasteiger charge is -2.21. The van der Waals surface area contributed by atoms with Crippen LogP contribution in [0.15, 0.2) is 36.5 Å². The summed E-state index contributed by atoms with van der Waals surface area (Å²) in [5.74, 6) is 0.954. The first kappa shape index (κ1) is 21.5. The zero-order chi connectivity index (χ0) is 23.0. The van der Waals surface area contributed by atoms with Gasteiger partial charge in [0.15, 0.2) is 5.82 Å². The molecule has 0 unspecified atom stereocenters. The molecule has 0 radical (unpaired) electrons. The van der Waals surface area contributed by atoms with E-state index in [4.69, 9.17) is 4.74 Å². The van der Waals surface area contributed by atoms with E-state index in [0.717, 1.165) is 0 Å². The number of H-pyrrole nitrogens is 1. The van der Waals surface area contributed by atoms with Gasteiger partial charge in [-0.3, -0.25) is 14.6 Å². The summed E-state index contributed by atoms with van der Waals surface area (Å²) in [5, 5.41) is 14.5. The van der Waals surface area contributed by atoms with Gasteiger partial charge in [0.25, 0.3) is 5.91 Å². The first-order valence-electron chi connectivity index (χ1n) is 10.2. The van der Waals surface area contributed by atoms with Crippen LogP contribution in [-0.2, 0) is 13.5 Å². The van der Waals surface area contributed by atoms with E-state index >= 15 is 0 Å². The molecule has 9 heteroatoms. The highest BCUT2D eigenvalue weighted by Crippen LogP contribution is 2.27. The van der Waals surface area contributed by atoms with Crippen LogP contribution in [0.2, 0.25) is 0 Å². The molecular weight excluding hydrogens is 411 g/mol. The highest BCUT2D eigenvalue weighted by Gasteiger charge is 2.20. The minimum atomic E-state index is -0.368. The number of aromatic amines is 1. The monoisotopic (exact) mass is 436 g/mol. The van der Waals surface area contributed by atoms with Crippen LogP contribution in [0.25, 0.3) is 22.3 Å². The van der Waals surface area contributed by atoms with E-state index < -0.39 is 0 Å². The summed E-state index contributed by atoms with van der Waals surface area (Å²) in [4.78, 5) is 17.2. The number of carbonyl (C=O) groups is 1. The molecule has 0 aliphatic heterocycles. The first-order valence-corrected chi connectivity index (χ1v) is 10.2. The quantitative estimate of drug-likeness (QED) is 0.498. The van der Waals surface area contributed by atoms with Gasteiger partial charge in [-0.15, -0.1) is 0 Å². The number of aryl methyl sites for hydroxylation is 1. The minimum Gasteiger partial charge on any atom is -0.496 e. The molecule has 4 rings (SSSR count). The van der Waals surface area contributed by atoms with Gasteiger partial charge in [-0.1, -0.05) is 12.1 Å². The number of carbonyl (C=O) groups excluding carboxylic acids is 1. The molecule has 2 heterocycles. The smallest absolute Gasteiger partial charge is 0.255 e. The van der Waals surface area contributed by atoms with Gasteiger partial charge in [0.2, 0.25) is 0 Å². The lowest BCUT2D eigenvalue weighted by atomic mass is 10.1. The Balaban J connectivity index is 1.63. The molecule has 2 aromatic heterocycles. The topological polar surface area (TPSA) is 97.7 Å². The molecule has 0 saturated heterocycles. The molecule has 2 aromatic carbocycles. The van der Waals surface area contributed by atoms with Gasteiger partial charge in [-0.05, 0) is 44.5 Å². The van der Waals surface area contributed by atoms with Crippen LogP contribution in [0.3, 0.4) is 0 Å². The van der Waals surface area contributed by atoms with Crippen molar-refractivity contribution in [2.24, 2.45) is 7.05 Å². The van der Waals surface area contributed by atoms with Crippen LogP contribution < -0.4 is 10.1 Å². The Morgan fingerprint density at radius 3 is 2.75 bits per heavy atom. The third-order valence-electron chi connectivity index (χ3n) is 5.03. The van der Waals surface area contributed by atoms with Gasteiger partial charge >= 0.3 is 0 Å². The van der Waals surface area contributed by atoms with Crippen LogP contribution in [0.4, 0.5) is 4.39 Å². The summed E-state index contributed by atoms with van der Waals surface area (Å²) < 4.78 is 21.9. The average Bonchev–Trinajstić information content (AvgIpc) is 3.35. The summed E-state index contributed by atoms with van der Waals surface area (Å²) in [5.41, 5.74) is 1.91. The molecule has 1 amide bonds. The fourth-order valence-corrected chi connectivity index (χ4v) is 3.45. The second-order valence-corrected chi connectivity index (χ2v) is 8.64. The van der Waals surface area contributed by atoms with Crippen molar-refractivity contribution in [1.82, 2.24) is 30.3 Å². The predicted molar refractivity (Wildman–Crippen MR) is 119 cm³/mol. The van der Waals surface area contributed by atoms with Crippen molar-refractivity contribution in [2.75, 3.05) is 7.11 Å². The number of ether oxygens (including phenoxy) is 1. The fourth-order valence-electron chi connectivity index (χ4n) is 3.45. The number of amides is 1. The van der Waals surface area contributed by atoms with Gasteiger partial charge in [0.05, 0.1) is 29.8 Å². The summed E-state index contributed by atoms with van der Waals surface area (Å²) in [7, 11) is 3.28. The standard InChI is InChI=1S/C23H25FN6O2/c1-23(2,3)27-22(31)15-8-6-14(10-18(15)32-5)21-26-19(30(4)29-21)11-13-7-9-17-16(20(13)24)12-25-28-17/h6-10,12H,11H2,1-5H3,(H,25,28)(H,27,31). The number of hydrogen-bond acceptors (Lipinski definition) is 5. The molecular formula is C23H25FN6O2. The van der Waals surface area contributed by atoms with E-state index in [1.807, 2.05) is 20.8 Å². The summed E-state index contributed by atoms with van der Waals surface area (Å²) >= 11 is 0. The number of nitrogens with one attached hydrogen (secondary N) is 2. The van der Waals surface area contributed by atoms with Crippen LogP contribution in [0, 0.1) is 5.82 Å². The molecule has 0 spiro atoms. The molecule has 32 heavy (non-hydrogen) atoms. The second-order valence-electron chi connectivity index (χ2n) is 8.64. The minimum absolute atomic E-state index is 0.222. The van der Waals surface area contributed by atoms with E-state index in [2.05, 4.69) is 25.6 Å². The van der Waals surface area contributed by atoms with E-state index in [-0.39, 0.29) is 23.7 Å². The maximum absolute atomic E-state index is 14.8. The summed E-state index contributed by atoms with van der Waals surface area (Å²) in [6.45, 7) is 5.74. The number of methoxy groups -OCH3 is 1. The third kappa shape index (κ3) is 4.18. The van der Waals surface area contributed by atoms with Gasteiger partial charge in [-0.25, -0.2) is 9.37 Å². The summed E-state index contributed by atoms with van der Waals surface area (Å²) in [6.07, 6.45) is 1.75. The van der Waals surface area contributed by atoms with Crippen molar-refractivity contribution in [2.45, 2.75) is 32.7 Å². The van der Waals surface area contributed by atoms with Gasteiger partial charge < -0.3 is 10.1 Å². The van der Waals surface area contributed by atoms with Crippen molar-refractivity contribution >= 4 is 16.8 Å². The lowest BCUT2D eigenvalue weighted by Crippen LogP contribution is -2.40. The molecule has 0 aliphatic rings. The summed E-state index contributed by atoms with van der Waals surface area (Å²) in [6, 6.07) is 8.71. The van der Waals surface area contributed by atoms with E-state index in [9.17, 15) is 9.18 Å². The number of hydrogen-bond donors (Lipinski definition) is 2. The molecule has 0 fully saturated rings. The van der Waals surface area contributed by atoms with Gasteiger partial charge in [0.1, 0.15) is 17.4 Å². The molecule has 166 valence electrons. The average molecular weight is 436 g/mol. The van der Waals surface area contributed by atoms with E-state index in [1.54, 1.807) is 42.1 Å². The van der Waals surface area contributed by atoms with Gasteiger partial charge in [0, 0.05) is 24.6 Å². The zero-order valence-corrected chi connectivity index (χ0v) is 18.7. The molecule has 2 N–H and O–H groups in total. The fraction of sp³-hybridized carbons (Fsp3) is 0.304.